The Hall–Kier alpha value is -1.62. The van der Waals surface area contributed by atoms with Crippen molar-refractivity contribution in [2.75, 3.05) is 13.2 Å². The lowest BCUT2D eigenvalue weighted by atomic mass is 10.0. The van der Waals surface area contributed by atoms with Gasteiger partial charge in [-0.2, -0.15) is 0 Å². The maximum absolute atomic E-state index is 12.2. The molecule has 0 amide bonds. The molecule has 0 heterocycles. The van der Waals surface area contributed by atoms with Crippen LogP contribution in [0.2, 0.25) is 0 Å². The van der Waals surface area contributed by atoms with Crippen molar-refractivity contribution < 1.29 is 24.2 Å². The van der Waals surface area contributed by atoms with Gasteiger partial charge in [0.1, 0.15) is 6.61 Å². The first-order chi connectivity index (χ1) is 24.6. The van der Waals surface area contributed by atoms with E-state index in [1.165, 1.54) is 161 Å². The molecule has 0 aromatic rings. The van der Waals surface area contributed by atoms with E-state index in [0.29, 0.717) is 12.8 Å². The highest BCUT2D eigenvalue weighted by molar-refractivity contribution is 5.70. The molecule has 0 rings (SSSR count). The summed E-state index contributed by atoms with van der Waals surface area (Å²) in [6.07, 6.45) is 49.6. The Bertz CT molecular complexity index is 761. The smallest absolute Gasteiger partial charge is 0.306 e. The van der Waals surface area contributed by atoms with Crippen molar-refractivity contribution >= 4 is 11.9 Å². The molecule has 1 atom stereocenters. The molecule has 0 aromatic carbocycles. The minimum absolute atomic E-state index is 0.0626. The van der Waals surface area contributed by atoms with Crippen LogP contribution in [0.5, 0.6) is 0 Å². The number of ether oxygens (including phenoxy) is 2. The highest BCUT2D eigenvalue weighted by atomic mass is 16.6. The number of carbonyl (C=O) groups is 2. The average molecular weight is 705 g/mol. The number of unbranched alkanes of at least 4 members (excludes halogenated alkanes) is 28. The van der Waals surface area contributed by atoms with Gasteiger partial charge in [0.2, 0.25) is 0 Å². The van der Waals surface area contributed by atoms with Gasteiger partial charge in [0.25, 0.3) is 0 Å². The Morgan fingerprint density at radius 1 is 0.460 bits per heavy atom. The summed E-state index contributed by atoms with van der Waals surface area (Å²) in [5, 5.41) is 9.58. The zero-order valence-corrected chi connectivity index (χ0v) is 33.4. The topological polar surface area (TPSA) is 72.8 Å². The van der Waals surface area contributed by atoms with Gasteiger partial charge in [-0.3, -0.25) is 9.59 Å². The van der Waals surface area contributed by atoms with Crippen LogP contribution in [0.4, 0.5) is 0 Å². The van der Waals surface area contributed by atoms with Crippen LogP contribution in [0, 0.1) is 0 Å². The second-order valence-electron chi connectivity index (χ2n) is 14.8. The van der Waals surface area contributed by atoms with E-state index in [1.807, 2.05) is 0 Å². The maximum atomic E-state index is 12.2. The van der Waals surface area contributed by atoms with Crippen LogP contribution in [0.1, 0.15) is 232 Å². The molecule has 0 bridgehead atoms. The van der Waals surface area contributed by atoms with Gasteiger partial charge in [-0.1, -0.05) is 199 Å². The third-order valence-electron chi connectivity index (χ3n) is 9.75. The predicted molar refractivity (Wildman–Crippen MR) is 215 cm³/mol. The molecule has 0 fully saturated rings. The number of rotatable bonds is 40. The van der Waals surface area contributed by atoms with Crippen LogP contribution < -0.4 is 0 Å². The summed E-state index contributed by atoms with van der Waals surface area (Å²) in [6.45, 7) is 4.13. The standard InChI is InChI=1S/C45H84O5/c1-3-5-7-9-11-13-15-17-19-21-22-24-26-28-30-32-34-36-38-40-45(48)50-43(41-46)42-49-44(47)39-37-35-33-31-29-27-25-23-20-18-16-14-12-10-8-6-4-2/h11,13,17,19,43,46H,3-10,12,14-16,18,20-42H2,1-2H3/b13-11-,19-17-. The van der Waals surface area contributed by atoms with Crippen molar-refractivity contribution in [1.82, 2.24) is 0 Å². The molecule has 0 aliphatic heterocycles. The molecule has 0 saturated carbocycles. The zero-order valence-electron chi connectivity index (χ0n) is 33.4. The van der Waals surface area contributed by atoms with Crippen molar-refractivity contribution in [1.29, 1.82) is 0 Å². The van der Waals surface area contributed by atoms with Gasteiger partial charge in [0.15, 0.2) is 6.10 Å². The van der Waals surface area contributed by atoms with Crippen LogP contribution in [0.25, 0.3) is 0 Å². The summed E-state index contributed by atoms with van der Waals surface area (Å²) in [5.41, 5.74) is 0. The molecule has 0 spiro atoms. The van der Waals surface area contributed by atoms with Crippen molar-refractivity contribution in [2.24, 2.45) is 0 Å². The molecule has 5 nitrogen and oxygen atoms in total. The van der Waals surface area contributed by atoms with E-state index in [-0.39, 0.29) is 25.2 Å². The van der Waals surface area contributed by atoms with Gasteiger partial charge in [-0.25, -0.2) is 0 Å². The molecule has 0 aliphatic carbocycles. The number of esters is 2. The third kappa shape index (κ3) is 39.2. The van der Waals surface area contributed by atoms with E-state index < -0.39 is 6.10 Å². The van der Waals surface area contributed by atoms with E-state index in [9.17, 15) is 14.7 Å². The Labute approximate surface area is 311 Å². The molecule has 1 N–H and O–H groups in total. The molecule has 0 saturated heterocycles. The van der Waals surface area contributed by atoms with Gasteiger partial charge >= 0.3 is 11.9 Å². The second kappa shape index (κ2) is 41.8. The summed E-state index contributed by atoms with van der Waals surface area (Å²) < 4.78 is 10.6. The number of aliphatic hydroxyl groups excluding tert-OH is 1. The van der Waals surface area contributed by atoms with E-state index in [0.717, 1.165) is 44.9 Å². The molecule has 50 heavy (non-hydrogen) atoms. The van der Waals surface area contributed by atoms with E-state index in [4.69, 9.17) is 9.47 Å². The number of aliphatic hydroxyl groups is 1. The monoisotopic (exact) mass is 705 g/mol. The summed E-state index contributed by atoms with van der Waals surface area (Å²) in [5.74, 6) is -0.584. The molecular formula is C45H84O5. The van der Waals surface area contributed by atoms with Crippen molar-refractivity contribution in [3.63, 3.8) is 0 Å². The largest absolute Gasteiger partial charge is 0.462 e. The van der Waals surface area contributed by atoms with Crippen LogP contribution in [-0.2, 0) is 19.1 Å². The first-order valence-corrected chi connectivity index (χ1v) is 21.9. The number of hydrogen-bond acceptors (Lipinski definition) is 5. The zero-order chi connectivity index (χ0) is 36.4. The fraction of sp³-hybridized carbons (Fsp3) is 0.867. The molecular weight excluding hydrogens is 620 g/mol. The SMILES string of the molecule is CCCCC/C=C\C/C=C\CCCCCCCCCCCC(=O)OC(CO)COC(=O)CCCCCCCCCCCCCCCCCCC. The molecule has 1 unspecified atom stereocenters. The van der Waals surface area contributed by atoms with Crippen LogP contribution >= 0.6 is 0 Å². The normalized spacial score (nSPS) is 12.3. The lowest BCUT2D eigenvalue weighted by Crippen LogP contribution is -2.28. The Morgan fingerprint density at radius 3 is 1.22 bits per heavy atom. The molecule has 0 aromatic heterocycles. The van der Waals surface area contributed by atoms with E-state index in [2.05, 4.69) is 38.2 Å². The predicted octanol–water partition coefficient (Wildman–Crippen LogP) is 13.8. The van der Waals surface area contributed by atoms with Gasteiger partial charge in [-0.05, 0) is 44.9 Å². The maximum Gasteiger partial charge on any atom is 0.306 e. The van der Waals surface area contributed by atoms with Gasteiger partial charge < -0.3 is 14.6 Å². The number of allylic oxidation sites excluding steroid dienone is 4. The minimum atomic E-state index is -0.769. The summed E-state index contributed by atoms with van der Waals surface area (Å²) in [4.78, 5) is 24.3. The van der Waals surface area contributed by atoms with Gasteiger partial charge in [-0.15, -0.1) is 0 Å². The summed E-state index contributed by atoms with van der Waals surface area (Å²) in [7, 11) is 0. The van der Waals surface area contributed by atoms with Crippen LogP contribution in [-0.4, -0.2) is 36.4 Å². The fourth-order valence-corrected chi connectivity index (χ4v) is 6.41. The quantitative estimate of drug-likeness (QED) is 0.0390. The highest BCUT2D eigenvalue weighted by Gasteiger charge is 2.16. The van der Waals surface area contributed by atoms with Crippen LogP contribution in [0.15, 0.2) is 24.3 Å². The lowest BCUT2D eigenvalue weighted by Gasteiger charge is -2.15. The Balaban J connectivity index is 3.50. The lowest BCUT2D eigenvalue weighted by molar-refractivity contribution is -0.161. The summed E-state index contributed by atoms with van der Waals surface area (Å²) >= 11 is 0. The Kier molecular flexibility index (Phi) is 40.4. The molecule has 0 radical (unpaired) electrons. The van der Waals surface area contributed by atoms with Crippen molar-refractivity contribution in [3.05, 3.63) is 24.3 Å². The van der Waals surface area contributed by atoms with Crippen LogP contribution in [0.3, 0.4) is 0 Å². The fourth-order valence-electron chi connectivity index (χ4n) is 6.41. The molecule has 0 aliphatic rings. The molecule has 294 valence electrons. The van der Waals surface area contributed by atoms with Crippen molar-refractivity contribution in [3.8, 4) is 0 Å². The van der Waals surface area contributed by atoms with E-state index >= 15 is 0 Å². The van der Waals surface area contributed by atoms with E-state index in [1.54, 1.807) is 0 Å². The molecule has 5 heteroatoms. The van der Waals surface area contributed by atoms with Crippen molar-refractivity contribution in [2.45, 2.75) is 238 Å². The first kappa shape index (κ1) is 48.4. The average Bonchev–Trinajstić information content (AvgIpc) is 3.12. The third-order valence-corrected chi connectivity index (χ3v) is 9.75. The van der Waals surface area contributed by atoms with Gasteiger partial charge in [0, 0.05) is 12.8 Å². The minimum Gasteiger partial charge on any atom is -0.462 e. The summed E-state index contributed by atoms with van der Waals surface area (Å²) in [6, 6.07) is 0. The Morgan fingerprint density at radius 2 is 0.800 bits per heavy atom. The van der Waals surface area contributed by atoms with Gasteiger partial charge in [0.05, 0.1) is 6.61 Å². The second-order valence-corrected chi connectivity index (χ2v) is 14.8. The first-order valence-electron chi connectivity index (χ1n) is 21.9. The number of hydrogen-bond donors (Lipinski definition) is 1. The number of carbonyl (C=O) groups excluding carboxylic acids is 2. The highest BCUT2D eigenvalue weighted by Crippen LogP contribution is 2.15.